The maximum absolute atomic E-state index is 12.3. The van der Waals surface area contributed by atoms with Crippen molar-refractivity contribution in [3.63, 3.8) is 0 Å². The minimum atomic E-state index is -0.318. The summed E-state index contributed by atoms with van der Waals surface area (Å²) in [6.07, 6.45) is 5.80. The van der Waals surface area contributed by atoms with Gasteiger partial charge in [-0.25, -0.2) is 4.79 Å². The van der Waals surface area contributed by atoms with Crippen LogP contribution in [0.1, 0.15) is 24.5 Å². The first-order valence-corrected chi connectivity index (χ1v) is 11.9. The van der Waals surface area contributed by atoms with E-state index in [0.717, 1.165) is 30.6 Å². The molecule has 5 heteroatoms. The molecule has 1 heterocycles. The Kier molecular flexibility index (Phi) is 9.25. The van der Waals surface area contributed by atoms with E-state index in [4.69, 9.17) is 4.74 Å². The molecule has 0 aliphatic carbocycles. The summed E-state index contributed by atoms with van der Waals surface area (Å²) in [5.41, 5.74) is 5.57. The lowest BCUT2D eigenvalue weighted by atomic mass is 9.98. The monoisotopic (exact) mass is 459 g/mol. The van der Waals surface area contributed by atoms with Gasteiger partial charge in [0.25, 0.3) is 0 Å². The van der Waals surface area contributed by atoms with Crippen LogP contribution in [-0.2, 0) is 17.8 Å². The van der Waals surface area contributed by atoms with E-state index in [1.807, 2.05) is 13.1 Å². The van der Waals surface area contributed by atoms with E-state index in [9.17, 15) is 4.79 Å². The standard InChI is InChI=1S/C29H37N3O2/c1-6-8-11-22(3)28-21-32(29(33)34-28)18-23-14-16-24(17-15-23)27-13-10-9-12-25(27)19-31(5)20-26(7-2)30-4/h6,8-17,26,28,30H,1,3,7,18-21H2,2,4-5H3/b11-8-. The van der Waals surface area contributed by atoms with Crippen molar-refractivity contribution in [1.82, 2.24) is 15.1 Å². The minimum Gasteiger partial charge on any atom is -0.439 e. The summed E-state index contributed by atoms with van der Waals surface area (Å²) in [6.45, 7) is 12.8. The number of likely N-dealkylation sites (N-methyl/N-ethyl adjacent to an activating group) is 2. The number of carbonyl (C=O) groups excluding carboxylic acids is 1. The number of amides is 1. The average Bonchev–Trinajstić information content (AvgIpc) is 3.22. The van der Waals surface area contributed by atoms with Crippen LogP contribution in [-0.4, -0.2) is 55.2 Å². The molecule has 1 aliphatic rings. The molecular weight excluding hydrogens is 422 g/mol. The molecule has 5 nitrogen and oxygen atoms in total. The zero-order chi connectivity index (χ0) is 24.5. The first-order chi connectivity index (χ1) is 16.4. The third-order valence-corrected chi connectivity index (χ3v) is 6.28. The highest BCUT2D eigenvalue weighted by Gasteiger charge is 2.32. The smallest absolute Gasteiger partial charge is 0.410 e. The summed E-state index contributed by atoms with van der Waals surface area (Å²) in [7, 11) is 4.19. The molecule has 2 aromatic carbocycles. The van der Waals surface area contributed by atoms with Gasteiger partial charge in [0.15, 0.2) is 0 Å². The van der Waals surface area contributed by atoms with Crippen molar-refractivity contribution in [1.29, 1.82) is 0 Å². The van der Waals surface area contributed by atoms with Gasteiger partial charge in [-0.3, -0.25) is 4.90 Å². The zero-order valence-corrected chi connectivity index (χ0v) is 20.7. The lowest BCUT2D eigenvalue weighted by Gasteiger charge is -2.24. The van der Waals surface area contributed by atoms with Gasteiger partial charge in [-0.2, -0.15) is 0 Å². The second-order valence-electron chi connectivity index (χ2n) is 8.87. The molecule has 1 saturated heterocycles. The van der Waals surface area contributed by atoms with E-state index in [1.54, 1.807) is 17.1 Å². The van der Waals surface area contributed by atoms with Crippen LogP contribution in [0.5, 0.6) is 0 Å². The number of allylic oxidation sites excluding steroid dienone is 2. The lowest BCUT2D eigenvalue weighted by molar-refractivity contribution is 0.143. The molecule has 2 unspecified atom stereocenters. The molecule has 0 radical (unpaired) electrons. The van der Waals surface area contributed by atoms with E-state index in [-0.39, 0.29) is 12.2 Å². The topological polar surface area (TPSA) is 44.8 Å². The highest BCUT2D eigenvalue weighted by molar-refractivity contribution is 5.71. The van der Waals surface area contributed by atoms with Crippen molar-refractivity contribution in [3.8, 4) is 11.1 Å². The zero-order valence-electron chi connectivity index (χ0n) is 20.7. The highest BCUT2D eigenvalue weighted by Crippen LogP contribution is 2.26. The molecule has 0 saturated carbocycles. The molecular formula is C29H37N3O2. The highest BCUT2D eigenvalue weighted by atomic mass is 16.6. The molecule has 1 N–H and O–H groups in total. The number of hydrogen-bond acceptors (Lipinski definition) is 4. The normalized spacial score (nSPS) is 16.8. The fourth-order valence-corrected chi connectivity index (χ4v) is 4.24. The summed E-state index contributed by atoms with van der Waals surface area (Å²) >= 11 is 0. The van der Waals surface area contributed by atoms with Crippen molar-refractivity contribution in [3.05, 3.63) is 96.6 Å². The first-order valence-electron chi connectivity index (χ1n) is 11.9. The molecule has 2 aromatic rings. The molecule has 1 aliphatic heterocycles. The second kappa shape index (κ2) is 12.4. The maximum Gasteiger partial charge on any atom is 0.410 e. The summed E-state index contributed by atoms with van der Waals surface area (Å²) in [6, 6.07) is 17.5. The van der Waals surface area contributed by atoms with Crippen LogP contribution in [0, 0.1) is 0 Å². The quantitative estimate of drug-likeness (QED) is 0.432. The third-order valence-electron chi connectivity index (χ3n) is 6.28. The van der Waals surface area contributed by atoms with Gasteiger partial charge < -0.3 is 15.0 Å². The van der Waals surface area contributed by atoms with E-state index < -0.39 is 0 Å². The van der Waals surface area contributed by atoms with Gasteiger partial charge in [-0.05, 0) is 48.3 Å². The third kappa shape index (κ3) is 6.69. The lowest BCUT2D eigenvalue weighted by Crippen LogP contribution is -2.36. The number of carbonyl (C=O) groups is 1. The van der Waals surface area contributed by atoms with Gasteiger partial charge in [-0.1, -0.05) is 86.8 Å². The van der Waals surface area contributed by atoms with Crippen molar-refractivity contribution in [2.45, 2.75) is 38.6 Å². The molecule has 180 valence electrons. The summed E-state index contributed by atoms with van der Waals surface area (Å²) < 4.78 is 5.49. The number of rotatable bonds is 12. The Morgan fingerprint density at radius 2 is 2.00 bits per heavy atom. The fourth-order valence-electron chi connectivity index (χ4n) is 4.24. The molecule has 0 aromatic heterocycles. The Hall–Kier alpha value is -3.15. The van der Waals surface area contributed by atoms with E-state index >= 15 is 0 Å². The van der Waals surface area contributed by atoms with Gasteiger partial charge in [0.2, 0.25) is 0 Å². The van der Waals surface area contributed by atoms with Crippen LogP contribution in [0.15, 0.2) is 85.5 Å². The van der Waals surface area contributed by atoms with Crippen LogP contribution in [0.3, 0.4) is 0 Å². The Morgan fingerprint density at radius 1 is 1.26 bits per heavy atom. The van der Waals surface area contributed by atoms with Crippen LogP contribution >= 0.6 is 0 Å². The van der Waals surface area contributed by atoms with Crippen molar-refractivity contribution in [2.24, 2.45) is 0 Å². The van der Waals surface area contributed by atoms with Crippen LogP contribution in [0.25, 0.3) is 11.1 Å². The SMILES string of the molecule is C=C/C=C\C(=C)C1CN(Cc2ccc(-c3ccccc3CN(C)CC(CC)NC)cc2)C(=O)O1. The molecule has 2 atom stereocenters. The van der Waals surface area contributed by atoms with E-state index in [1.165, 1.54) is 16.7 Å². The summed E-state index contributed by atoms with van der Waals surface area (Å²) in [5, 5.41) is 3.38. The van der Waals surface area contributed by atoms with Crippen molar-refractivity contribution >= 4 is 6.09 Å². The van der Waals surface area contributed by atoms with Crippen LogP contribution < -0.4 is 5.32 Å². The number of nitrogens with one attached hydrogen (secondary N) is 1. The first kappa shape index (κ1) is 25.5. The fraction of sp³-hybridized carbons (Fsp3) is 0.345. The Bertz CT molecular complexity index is 1010. The van der Waals surface area contributed by atoms with Crippen molar-refractivity contribution < 1.29 is 9.53 Å². The van der Waals surface area contributed by atoms with Gasteiger partial charge >= 0.3 is 6.09 Å². The molecule has 0 spiro atoms. The van der Waals surface area contributed by atoms with E-state index in [0.29, 0.717) is 19.1 Å². The average molecular weight is 460 g/mol. The molecule has 1 fully saturated rings. The van der Waals surface area contributed by atoms with Gasteiger partial charge in [0.1, 0.15) is 6.10 Å². The van der Waals surface area contributed by atoms with Crippen molar-refractivity contribution in [2.75, 3.05) is 27.2 Å². The molecule has 1 amide bonds. The second-order valence-corrected chi connectivity index (χ2v) is 8.87. The predicted octanol–water partition coefficient (Wildman–Crippen LogP) is 5.40. The summed E-state index contributed by atoms with van der Waals surface area (Å²) in [4.78, 5) is 16.4. The number of benzene rings is 2. The number of cyclic esters (lactones) is 1. The van der Waals surface area contributed by atoms with E-state index in [2.05, 4.69) is 85.9 Å². The minimum absolute atomic E-state index is 0.303. The molecule has 34 heavy (non-hydrogen) atoms. The Morgan fingerprint density at radius 3 is 2.68 bits per heavy atom. The van der Waals surface area contributed by atoms with Gasteiger partial charge in [0, 0.05) is 25.7 Å². The predicted molar refractivity (Wildman–Crippen MR) is 141 cm³/mol. The maximum atomic E-state index is 12.3. The Labute approximate surface area is 204 Å². The van der Waals surface area contributed by atoms with Gasteiger partial charge in [-0.15, -0.1) is 0 Å². The van der Waals surface area contributed by atoms with Gasteiger partial charge in [0.05, 0.1) is 6.54 Å². The largest absolute Gasteiger partial charge is 0.439 e. The number of hydrogen-bond donors (Lipinski definition) is 1. The molecule has 0 bridgehead atoms. The number of ether oxygens (including phenoxy) is 1. The summed E-state index contributed by atoms with van der Waals surface area (Å²) in [5.74, 6) is 0. The number of nitrogens with zero attached hydrogens (tertiary/aromatic N) is 2. The van der Waals surface area contributed by atoms with Crippen LogP contribution in [0.2, 0.25) is 0 Å². The Balaban J connectivity index is 1.66. The van der Waals surface area contributed by atoms with Crippen LogP contribution in [0.4, 0.5) is 4.79 Å². The molecule has 3 rings (SSSR count).